The lowest BCUT2D eigenvalue weighted by molar-refractivity contribution is 0.253. The second-order valence-electron chi connectivity index (χ2n) is 7.02. The van der Waals surface area contributed by atoms with Gasteiger partial charge in [-0.15, -0.1) is 24.0 Å². The van der Waals surface area contributed by atoms with Crippen LogP contribution in [-0.4, -0.2) is 63.4 Å². The molecular formula is C21H39IN4O2. The zero-order chi connectivity index (χ0) is 20.1. The fourth-order valence-corrected chi connectivity index (χ4v) is 3.10. The van der Waals surface area contributed by atoms with Crippen LogP contribution >= 0.6 is 24.0 Å². The number of halogens is 1. The van der Waals surface area contributed by atoms with Crippen molar-refractivity contribution in [1.29, 1.82) is 0 Å². The van der Waals surface area contributed by atoms with E-state index in [1.54, 1.807) is 7.11 Å². The smallest absolute Gasteiger partial charge is 0.191 e. The standard InChI is InChI=1S/C21H38N4O2.HI/c1-6-8-17(13-14-26)15-23-21(22-7-2)24-16-20(25(3)4)18-9-11-19(27-5)12-10-18;/h9-12,17,20,26H,6-8,13-16H2,1-5H3,(H2,22,23,24);1H. The van der Waals surface area contributed by atoms with Crippen molar-refractivity contribution in [3.63, 3.8) is 0 Å². The summed E-state index contributed by atoms with van der Waals surface area (Å²) in [6.45, 7) is 6.78. The first-order chi connectivity index (χ1) is 13.0. The molecule has 0 aliphatic carbocycles. The van der Waals surface area contributed by atoms with Gasteiger partial charge < -0.3 is 25.4 Å². The van der Waals surface area contributed by atoms with Crippen LogP contribution in [0.15, 0.2) is 29.3 Å². The van der Waals surface area contributed by atoms with Crippen LogP contribution in [0.2, 0.25) is 0 Å². The molecule has 162 valence electrons. The number of hydrogen-bond acceptors (Lipinski definition) is 4. The fourth-order valence-electron chi connectivity index (χ4n) is 3.10. The Bertz CT molecular complexity index is 532. The maximum absolute atomic E-state index is 9.24. The number of rotatable bonds is 12. The Hall–Kier alpha value is -1.06. The molecule has 3 N–H and O–H groups in total. The minimum atomic E-state index is 0. The molecule has 0 fully saturated rings. The van der Waals surface area contributed by atoms with Crippen LogP contribution in [0.4, 0.5) is 0 Å². The van der Waals surface area contributed by atoms with Crippen molar-refractivity contribution in [2.45, 2.75) is 39.2 Å². The number of likely N-dealkylation sites (N-methyl/N-ethyl adjacent to an activating group) is 1. The van der Waals surface area contributed by atoms with E-state index in [4.69, 9.17) is 9.73 Å². The van der Waals surface area contributed by atoms with Crippen LogP contribution < -0.4 is 15.4 Å². The second-order valence-corrected chi connectivity index (χ2v) is 7.02. The topological polar surface area (TPSA) is 69.1 Å². The molecule has 0 aromatic heterocycles. The van der Waals surface area contributed by atoms with Gasteiger partial charge in [0.1, 0.15) is 5.75 Å². The molecular weight excluding hydrogens is 467 g/mol. The first kappa shape index (κ1) is 26.9. The van der Waals surface area contributed by atoms with E-state index in [1.807, 2.05) is 12.1 Å². The van der Waals surface area contributed by atoms with Crippen molar-refractivity contribution in [3.05, 3.63) is 29.8 Å². The number of guanidine groups is 1. The molecule has 6 nitrogen and oxygen atoms in total. The fraction of sp³-hybridized carbons (Fsp3) is 0.667. The van der Waals surface area contributed by atoms with Gasteiger partial charge in [-0.1, -0.05) is 25.5 Å². The molecule has 0 heterocycles. The Morgan fingerprint density at radius 1 is 1.14 bits per heavy atom. The van der Waals surface area contributed by atoms with Crippen molar-refractivity contribution in [1.82, 2.24) is 15.5 Å². The van der Waals surface area contributed by atoms with Crippen LogP contribution in [-0.2, 0) is 0 Å². The molecule has 0 radical (unpaired) electrons. The van der Waals surface area contributed by atoms with Crippen LogP contribution in [0.25, 0.3) is 0 Å². The summed E-state index contributed by atoms with van der Waals surface area (Å²) in [6.07, 6.45) is 3.02. The third kappa shape index (κ3) is 9.93. The largest absolute Gasteiger partial charge is 0.497 e. The zero-order valence-electron chi connectivity index (χ0n) is 18.1. The van der Waals surface area contributed by atoms with Crippen molar-refractivity contribution < 1.29 is 9.84 Å². The number of hydrogen-bond donors (Lipinski definition) is 3. The molecule has 0 amide bonds. The van der Waals surface area contributed by atoms with Gasteiger partial charge in [-0.3, -0.25) is 4.99 Å². The molecule has 0 spiro atoms. The van der Waals surface area contributed by atoms with E-state index in [9.17, 15) is 5.11 Å². The van der Waals surface area contributed by atoms with Gasteiger partial charge in [0.2, 0.25) is 0 Å². The molecule has 0 aliphatic rings. The van der Waals surface area contributed by atoms with Crippen LogP contribution in [0.5, 0.6) is 5.75 Å². The molecule has 0 saturated heterocycles. The summed E-state index contributed by atoms with van der Waals surface area (Å²) < 4.78 is 5.26. The van der Waals surface area contributed by atoms with Crippen LogP contribution in [0.1, 0.15) is 44.7 Å². The molecule has 2 unspecified atom stereocenters. The van der Waals surface area contributed by atoms with E-state index >= 15 is 0 Å². The average Bonchev–Trinajstić information content (AvgIpc) is 2.66. The number of aliphatic hydroxyl groups excluding tert-OH is 1. The van der Waals surface area contributed by atoms with E-state index < -0.39 is 0 Å². The first-order valence-electron chi connectivity index (χ1n) is 9.99. The predicted molar refractivity (Wildman–Crippen MR) is 129 cm³/mol. The Balaban J connectivity index is 0.00000729. The molecule has 0 saturated carbocycles. The SMILES string of the molecule is CCCC(CCO)CN=C(NCC)NCC(c1ccc(OC)cc1)N(C)C.I. The number of nitrogens with zero attached hydrogens (tertiary/aromatic N) is 2. The van der Waals surface area contributed by atoms with Gasteiger partial charge in [0, 0.05) is 26.2 Å². The third-order valence-corrected chi connectivity index (χ3v) is 4.67. The van der Waals surface area contributed by atoms with Gasteiger partial charge in [-0.2, -0.15) is 0 Å². The van der Waals surface area contributed by atoms with E-state index in [1.165, 1.54) is 5.56 Å². The minimum absolute atomic E-state index is 0. The Labute approximate surface area is 188 Å². The first-order valence-corrected chi connectivity index (χ1v) is 9.99. The van der Waals surface area contributed by atoms with Gasteiger partial charge in [-0.05, 0) is 57.5 Å². The van der Waals surface area contributed by atoms with Crippen molar-refractivity contribution in [3.8, 4) is 5.75 Å². The molecule has 0 bridgehead atoms. The molecule has 1 aromatic rings. The average molecular weight is 506 g/mol. The number of methoxy groups -OCH3 is 1. The van der Waals surface area contributed by atoms with Gasteiger partial charge in [0.05, 0.1) is 13.2 Å². The number of ether oxygens (including phenoxy) is 1. The summed E-state index contributed by atoms with van der Waals surface area (Å²) in [4.78, 5) is 6.95. The predicted octanol–water partition coefficient (Wildman–Crippen LogP) is 3.27. The van der Waals surface area contributed by atoms with Crippen LogP contribution in [0, 0.1) is 5.92 Å². The van der Waals surface area contributed by atoms with Gasteiger partial charge in [0.25, 0.3) is 0 Å². The van der Waals surface area contributed by atoms with Crippen molar-refractivity contribution >= 4 is 29.9 Å². The highest BCUT2D eigenvalue weighted by Gasteiger charge is 2.15. The summed E-state index contributed by atoms with van der Waals surface area (Å²) in [6, 6.07) is 8.43. The summed E-state index contributed by atoms with van der Waals surface area (Å²) in [5.41, 5.74) is 1.23. The molecule has 2 atom stereocenters. The number of benzene rings is 1. The Morgan fingerprint density at radius 2 is 1.82 bits per heavy atom. The number of aliphatic hydroxyl groups is 1. The maximum Gasteiger partial charge on any atom is 0.191 e. The lowest BCUT2D eigenvalue weighted by atomic mass is 10.0. The van der Waals surface area contributed by atoms with E-state index in [0.29, 0.717) is 5.92 Å². The van der Waals surface area contributed by atoms with Gasteiger partial charge in [-0.25, -0.2) is 0 Å². The highest BCUT2D eigenvalue weighted by atomic mass is 127. The summed E-state index contributed by atoms with van der Waals surface area (Å²) >= 11 is 0. The molecule has 7 heteroatoms. The third-order valence-electron chi connectivity index (χ3n) is 4.67. The van der Waals surface area contributed by atoms with Gasteiger partial charge in [0.15, 0.2) is 5.96 Å². The van der Waals surface area contributed by atoms with E-state index in [-0.39, 0.29) is 36.6 Å². The highest BCUT2D eigenvalue weighted by molar-refractivity contribution is 14.0. The van der Waals surface area contributed by atoms with Gasteiger partial charge >= 0.3 is 0 Å². The molecule has 0 aliphatic heterocycles. The zero-order valence-corrected chi connectivity index (χ0v) is 20.4. The molecule has 1 rings (SSSR count). The Kier molecular flexibility index (Phi) is 15.2. The second kappa shape index (κ2) is 15.8. The summed E-state index contributed by atoms with van der Waals surface area (Å²) in [7, 11) is 5.85. The lowest BCUT2D eigenvalue weighted by Crippen LogP contribution is -2.42. The van der Waals surface area contributed by atoms with Crippen LogP contribution in [0.3, 0.4) is 0 Å². The van der Waals surface area contributed by atoms with E-state index in [2.05, 4.69) is 55.6 Å². The van der Waals surface area contributed by atoms with Crippen molar-refractivity contribution in [2.24, 2.45) is 10.9 Å². The summed E-state index contributed by atoms with van der Waals surface area (Å²) in [5.74, 6) is 2.13. The molecule has 1 aromatic carbocycles. The number of nitrogens with one attached hydrogen (secondary N) is 2. The quantitative estimate of drug-likeness (QED) is 0.231. The van der Waals surface area contributed by atoms with E-state index in [0.717, 1.165) is 50.6 Å². The monoisotopic (exact) mass is 506 g/mol. The highest BCUT2D eigenvalue weighted by Crippen LogP contribution is 2.20. The minimum Gasteiger partial charge on any atom is -0.497 e. The maximum atomic E-state index is 9.24. The lowest BCUT2D eigenvalue weighted by Gasteiger charge is -2.26. The normalized spacial score (nSPS) is 13.6. The number of aliphatic imine (C=N–C) groups is 1. The Morgan fingerprint density at radius 3 is 2.32 bits per heavy atom. The summed E-state index contributed by atoms with van der Waals surface area (Å²) in [5, 5.41) is 16.0. The molecule has 28 heavy (non-hydrogen) atoms. The van der Waals surface area contributed by atoms with Crippen molar-refractivity contribution in [2.75, 3.05) is 47.4 Å².